The fourth-order valence-electron chi connectivity index (χ4n) is 1.74. The van der Waals surface area contributed by atoms with Crippen molar-refractivity contribution >= 4 is 17.7 Å². The lowest BCUT2D eigenvalue weighted by molar-refractivity contribution is -0.146. The molecule has 0 bridgehead atoms. The second-order valence-electron chi connectivity index (χ2n) is 4.43. The molecule has 0 saturated carbocycles. The maximum atomic E-state index is 11.7. The van der Waals surface area contributed by atoms with E-state index in [1.54, 1.807) is 0 Å². The number of aliphatic hydroxyl groups is 1. The zero-order valence-electron chi connectivity index (χ0n) is 11.4. The molecule has 1 aromatic rings. The molecule has 4 N–H and O–H groups in total. The minimum atomic E-state index is -1.46. The summed E-state index contributed by atoms with van der Waals surface area (Å²) in [6.45, 7) is 2.15. The van der Waals surface area contributed by atoms with E-state index in [9.17, 15) is 9.59 Å². The lowest BCUT2D eigenvalue weighted by Crippen LogP contribution is -2.33. The Morgan fingerprint density at radius 2 is 2.00 bits per heavy atom. The predicted octanol–water partition coefficient (Wildman–Crippen LogP) is 1.60. The largest absolute Gasteiger partial charge is 0.479 e. The fraction of sp³-hybridized carbons (Fsp3) is 0.429. The number of carboxylic acid groups (broad SMARTS) is 1. The molecule has 6 nitrogen and oxygen atoms in total. The van der Waals surface area contributed by atoms with Gasteiger partial charge in [-0.2, -0.15) is 0 Å². The maximum Gasteiger partial charge on any atom is 0.332 e. The molecule has 1 unspecified atom stereocenters. The first kappa shape index (κ1) is 16.0. The Hall–Kier alpha value is -2.08. The molecule has 0 aliphatic carbocycles. The van der Waals surface area contributed by atoms with E-state index in [1.165, 1.54) is 0 Å². The Kier molecular flexibility index (Phi) is 6.52. The highest BCUT2D eigenvalue weighted by Gasteiger charge is 2.13. The molecular weight excluding hydrogens is 260 g/mol. The summed E-state index contributed by atoms with van der Waals surface area (Å²) in [6.07, 6.45) is 0.362. The number of amides is 2. The van der Waals surface area contributed by atoms with Gasteiger partial charge in [-0.05, 0) is 18.1 Å². The van der Waals surface area contributed by atoms with Gasteiger partial charge in [-0.3, -0.25) is 0 Å². The number of aliphatic hydroxyl groups excluding tert-OH is 1. The van der Waals surface area contributed by atoms with Gasteiger partial charge in [0.2, 0.25) is 0 Å². The van der Waals surface area contributed by atoms with Crippen molar-refractivity contribution < 1.29 is 19.8 Å². The molecule has 0 fully saturated rings. The Balaban J connectivity index is 2.44. The number of carbonyl (C=O) groups excluding carboxylic acids is 1. The van der Waals surface area contributed by atoms with E-state index < -0.39 is 18.1 Å². The van der Waals surface area contributed by atoms with Gasteiger partial charge in [0.05, 0.1) is 0 Å². The van der Waals surface area contributed by atoms with Gasteiger partial charge in [-0.1, -0.05) is 31.5 Å². The highest BCUT2D eigenvalue weighted by atomic mass is 16.4. The number of rotatable bonds is 7. The Labute approximate surface area is 117 Å². The molecular formula is C14H20N2O4. The molecule has 0 spiro atoms. The van der Waals surface area contributed by atoms with Gasteiger partial charge in [0, 0.05) is 18.7 Å². The van der Waals surface area contributed by atoms with Crippen LogP contribution in [0.4, 0.5) is 10.5 Å². The van der Waals surface area contributed by atoms with Crippen molar-refractivity contribution in [3.8, 4) is 0 Å². The second kappa shape index (κ2) is 8.16. The van der Waals surface area contributed by atoms with Crippen LogP contribution >= 0.6 is 0 Å². The molecule has 0 radical (unpaired) electrons. The van der Waals surface area contributed by atoms with Crippen LogP contribution in [0.25, 0.3) is 0 Å². The molecule has 2 amide bonds. The van der Waals surface area contributed by atoms with Gasteiger partial charge in [0.25, 0.3) is 0 Å². The van der Waals surface area contributed by atoms with E-state index in [2.05, 4.69) is 17.6 Å². The van der Waals surface area contributed by atoms with Crippen molar-refractivity contribution in [2.24, 2.45) is 0 Å². The van der Waals surface area contributed by atoms with Crippen molar-refractivity contribution in [3.63, 3.8) is 0 Å². The van der Waals surface area contributed by atoms with Gasteiger partial charge in [0.1, 0.15) is 0 Å². The van der Waals surface area contributed by atoms with E-state index >= 15 is 0 Å². The van der Waals surface area contributed by atoms with Gasteiger partial charge >= 0.3 is 12.0 Å². The first-order valence-corrected chi connectivity index (χ1v) is 6.58. The van der Waals surface area contributed by atoms with Crippen LogP contribution in [0.15, 0.2) is 24.3 Å². The van der Waals surface area contributed by atoms with E-state index in [4.69, 9.17) is 10.2 Å². The molecule has 1 atom stereocenters. The number of urea groups is 1. The van der Waals surface area contributed by atoms with Crippen LogP contribution in [-0.2, 0) is 11.2 Å². The summed E-state index contributed by atoms with van der Waals surface area (Å²) in [6, 6.07) is 7.11. The number of aliphatic carboxylic acids is 1. The summed E-state index contributed by atoms with van der Waals surface area (Å²) < 4.78 is 0. The normalized spacial score (nSPS) is 11.7. The molecule has 1 aromatic carbocycles. The Morgan fingerprint density at radius 1 is 1.30 bits per heavy atom. The lowest BCUT2D eigenvalue weighted by Gasteiger charge is -2.12. The van der Waals surface area contributed by atoms with Crippen LogP contribution in [0.2, 0.25) is 0 Å². The Bertz CT molecular complexity index is 462. The minimum absolute atomic E-state index is 0.0284. The van der Waals surface area contributed by atoms with E-state index in [-0.39, 0.29) is 13.0 Å². The Morgan fingerprint density at radius 3 is 2.65 bits per heavy atom. The molecule has 0 aromatic heterocycles. The summed E-state index contributed by atoms with van der Waals surface area (Å²) in [5.41, 5.74) is 1.79. The molecule has 110 valence electrons. The third kappa shape index (κ3) is 5.27. The van der Waals surface area contributed by atoms with Gasteiger partial charge in [-0.15, -0.1) is 0 Å². The SMILES string of the molecule is CCCc1ccccc1NC(=O)NCCC(O)C(=O)O. The van der Waals surface area contributed by atoms with Crippen LogP contribution < -0.4 is 10.6 Å². The number of aryl methyl sites for hydroxylation is 1. The first-order chi connectivity index (χ1) is 9.54. The fourth-order valence-corrected chi connectivity index (χ4v) is 1.74. The smallest absolute Gasteiger partial charge is 0.332 e. The van der Waals surface area contributed by atoms with E-state index in [1.807, 2.05) is 24.3 Å². The lowest BCUT2D eigenvalue weighted by atomic mass is 10.1. The van der Waals surface area contributed by atoms with Crippen molar-refractivity contribution in [1.29, 1.82) is 0 Å². The summed E-state index contributed by atoms with van der Waals surface area (Å²) in [4.78, 5) is 22.1. The number of hydrogen-bond donors (Lipinski definition) is 4. The maximum absolute atomic E-state index is 11.7. The second-order valence-corrected chi connectivity index (χ2v) is 4.43. The summed E-state index contributed by atoms with van der Waals surface area (Å²) in [7, 11) is 0. The molecule has 1 rings (SSSR count). The van der Waals surface area contributed by atoms with Gasteiger partial charge in [-0.25, -0.2) is 9.59 Å². The van der Waals surface area contributed by atoms with E-state index in [0.717, 1.165) is 24.1 Å². The van der Waals surface area contributed by atoms with Crippen LogP contribution in [0.1, 0.15) is 25.3 Å². The van der Waals surface area contributed by atoms with Crippen molar-refractivity contribution in [3.05, 3.63) is 29.8 Å². The molecule has 0 heterocycles. The first-order valence-electron chi connectivity index (χ1n) is 6.58. The summed E-state index contributed by atoms with van der Waals surface area (Å²) in [5, 5.41) is 22.8. The summed E-state index contributed by atoms with van der Waals surface area (Å²) >= 11 is 0. The third-order valence-electron chi connectivity index (χ3n) is 2.77. The van der Waals surface area contributed by atoms with Gasteiger partial charge < -0.3 is 20.8 Å². The van der Waals surface area contributed by atoms with Crippen LogP contribution in [0, 0.1) is 0 Å². The van der Waals surface area contributed by atoms with Gasteiger partial charge in [0.15, 0.2) is 6.10 Å². The highest BCUT2D eigenvalue weighted by molar-refractivity contribution is 5.90. The minimum Gasteiger partial charge on any atom is -0.479 e. The topological polar surface area (TPSA) is 98.7 Å². The number of benzene rings is 1. The predicted molar refractivity (Wildman–Crippen MR) is 75.7 cm³/mol. The molecule has 0 aliphatic heterocycles. The zero-order valence-corrected chi connectivity index (χ0v) is 11.4. The average molecular weight is 280 g/mol. The van der Waals surface area contributed by atoms with Crippen molar-refractivity contribution in [1.82, 2.24) is 5.32 Å². The standard InChI is InChI=1S/C14H20N2O4/c1-2-5-10-6-3-4-7-11(10)16-14(20)15-9-8-12(17)13(18)19/h3-4,6-7,12,17H,2,5,8-9H2,1H3,(H,18,19)(H2,15,16,20). The van der Waals surface area contributed by atoms with Crippen LogP contribution in [0.5, 0.6) is 0 Å². The molecule has 0 aliphatic rings. The summed E-state index contributed by atoms with van der Waals surface area (Å²) in [5.74, 6) is -1.29. The zero-order chi connectivity index (χ0) is 15.0. The molecule has 6 heteroatoms. The van der Waals surface area contributed by atoms with Crippen molar-refractivity contribution in [2.45, 2.75) is 32.3 Å². The molecule has 0 saturated heterocycles. The average Bonchev–Trinajstić information content (AvgIpc) is 2.41. The number of para-hydroxylation sites is 1. The van der Waals surface area contributed by atoms with Crippen molar-refractivity contribution in [2.75, 3.05) is 11.9 Å². The number of hydrogen-bond acceptors (Lipinski definition) is 3. The van der Waals surface area contributed by atoms with Crippen LogP contribution in [-0.4, -0.2) is 34.9 Å². The number of carboxylic acids is 1. The molecule has 20 heavy (non-hydrogen) atoms. The third-order valence-corrected chi connectivity index (χ3v) is 2.77. The number of anilines is 1. The monoisotopic (exact) mass is 280 g/mol. The highest BCUT2D eigenvalue weighted by Crippen LogP contribution is 2.16. The van der Waals surface area contributed by atoms with E-state index in [0.29, 0.717) is 0 Å². The number of carbonyl (C=O) groups is 2. The quantitative estimate of drug-likeness (QED) is 0.609. The van der Waals surface area contributed by atoms with Crippen LogP contribution in [0.3, 0.4) is 0 Å². The number of nitrogens with one attached hydrogen (secondary N) is 2.